The van der Waals surface area contributed by atoms with Crippen LogP contribution in [0, 0.1) is 36.0 Å². The second-order valence-electron chi connectivity index (χ2n) is 6.96. The van der Waals surface area contributed by atoms with E-state index in [-0.39, 0.29) is 0 Å². The summed E-state index contributed by atoms with van der Waals surface area (Å²) in [7, 11) is 0. The number of halogens is 2. The van der Waals surface area contributed by atoms with Gasteiger partial charge in [-0.1, -0.05) is 29.1 Å². The first-order valence-electron chi connectivity index (χ1n) is 7.61. The van der Waals surface area contributed by atoms with Crippen LogP contribution < -0.4 is 0 Å². The molecule has 0 nitrogen and oxygen atoms in total. The van der Waals surface area contributed by atoms with Crippen LogP contribution in [0.15, 0.2) is 12.1 Å². The molecule has 4 aliphatic carbocycles. The third kappa shape index (κ3) is 1.91. The summed E-state index contributed by atoms with van der Waals surface area (Å²) in [4.78, 5) is 0. The fourth-order valence-electron chi connectivity index (χ4n) is 5.39. The van der Waals surface area contributed by atoms with Gasteiger partial charge in [-0.3, -0.25) is 0 Å². The van der Waals surface area contributed by atoms with Gasteiger partial charge in [-0.2, -0.15) is 0 Å². The van der Waals surface area contributed by atoms with Crippen molar-refractivity contribution >= 4 is 23.2 Å². The summed E-state index contributed by atoms with van der Waals surface area (Å²) in [5.74, 6) is 6.92. The summed E-state index contributed by atoms with van der Waals surface area (Å²) in [5, 5.41) is 1.28. The van der Waals surface area contributed by atoms with Crippen molar-refractivity contribution < 1.29 is 0 Å². The van der Waals surface area contributed by atoms with Crippen LogP contribution in [0.25, 0.3) is 0 Å². The molecule has 20 heavy (non-hydrogen) atoms. The van der Waals surface area contributed by atoms with E-state index in [0.29, 0.717) is 21.5 Å². The topological polar surface area (TPSA) is 0 Å². The lowest BCUT2D eigenvalue weighted by molar-refractivity contribution is -0.00277. The molecule has 5 rings (SSSR count). The standard InChI is InChI=1S/C18H18Cl2/c1-2-15-16(19)8-14(9-17(15)20)18-12-4-10-3-11(6-12)7-13(18)5-10/h1,8-13,18H,3-7H2. The Morgan fingerprint density at radius 2 is 1.40 bits per heavy atom. The summed E-state index contributed by atoms with van der Waals surface area (Å²) >= 11 is 12.6. The monoisotopic (exact) mass is 304 g/mol. The summed E-state index contributed by atoms with van der Waals surface area (Å²) < 4.78 is 0. The van der Waals surface area contributed by atoms with Gasteiger partial charge in [0.1, 0.15) is 0 Å². The molecule has 0 atom stereocenters. The Morgan fingerprint density at radius 1 is 0.900 bits per heavy atom. The molecule has 4 fully saturated rings. The predicted octanol–water partition coefficient (Wildman–Crippen LogP) is 5.51. The fourth-order valence-corrected chi connectivity index (χ4v) is 6.01. The smallest absolute Gasteiger partial charge is 0.0615 e. The molecule has 0 saturated heterocycles. The van der Waals surface area contributed by atoms with E-state index in [4.69, 9.17) is 29.6 Å². The zero-order valence-corrected chi connectivity index (χ0v) is 12.9. The first-order valence-corrected chi connectivity index (χ1v) is 8.37. The molecule has 1 aromatic carbocycles. The lowest BCUT2D eigenvalue weighted by Gasteiger charge is -2.54. The quantitative estimate of drug-likeness (QED) is 0.600. The van der Waals surface area contributed by atoms with Crippen LogP contribution in [-0.4, -0.2) is 0 Å². The zero-order chi connectivity index (χ0) is 13.9. The van der Waals surface area contributed by atoms with Crippen molar-refractivity contribution in [2.75, 3.05) is 0 Å². The molecule has 2 heteroatoms. The molecular formula is C18H18Cl2. The molecule has 0 unspecified atom stereocenters. The lowest BCUT2D eigenvalue weighted by Crippen LogP contribution is -2.43. The van der Waals surface area contributed by atoms with Crippen molar-refractivity contribution in [1.29, 1.82) is 0 Å². The van der Waals surface area contributed by atoms with Crippen LogP contribution in [0.4, 0.5) is 0 Å². The molecule has 4 saturated carbocycles. The minimum Gasteiger partial charge on any atom is -0.115 e. The maximum Gasteiger partial charge on any atom is 0.0615 e. The van der Waals surface area contributed by atoms with Crippen molar-refractivity contribution in [3.63, 3.8) is 0 Å². The number of benzene rings is 1. The van der Waals surface area contributed by atoms with Crippen LogP contribution in [0.3, 0.4) is 0 Å². The van der Waals surface area contributed by atoms with Crippen molar-refractivity contribution in [2.45, 2.75) is 38.0 Å². The summed E-state index contributed by atoms with van der Waals surface area (Å²) in [5.41, 5.74) is 1.97. The Labute approximate surface area is 130 Å². The van der Waals surface area contributed by atoms with Gasteiger partial charge < -0.3 is 0 Å². The Hall–Kier alpha value is -0.640. The molecule has 0 spiro atoms. The normalized spacial score (nSPS) is 38.0. The van der Waals surface area contributed by atoms with Gasteiger partial charge in [-0.05, 0) is 79.4 Å². The van der Waals surface area contributed by atoms with E-state index < -0.39 is 0 Å². The largest absolute Gasteiger partial charge is 0.115 e. The molecule has 0 heterocycles. The van der Waals surface area contributed by atoms with Gasteiger partial charge in [0, 0.05) is 0 Å². The Kier molecular flexibility index (Phi) is 3.06. The molecule has 0 aliphatic heterocycles. The van der Waals surface area contributed by atoms with Gasteiger partial charge >= 0.3 is 0 Å². The third-order valence-corrected chi connectivity index (χ3v) is 6.42. The summed E-state index contributed by atoms with van der Waals surface area (Å²) in [6.45, 7) is 0. The highest BCUT2D eigenvalue weighted by Gasteiger charge is 2.48. The van der Waals surface area contributed by atoms with Crippen LogP contribution in [0.5, 0.6) is 0 Å². The van der Waals surface area contributed by atoms with Crippen molar-refractivity contribution in [3.05, 3.63) is 33.3 Å². The van der Waals surface area contributed by atoms with Crippen molar-refractivity contribution in [3.8, 4) is 12.3 Å². The molecule has 1 aromatic rings. The van der Waals surface area contributed by atoms with E-state index in [1.54, 1.807) is 0 Å². The van der Waals surface area contributed by atoms with Gasteiger partial charge in [0.25, 0.3) is 0 Å². The average Bonchev–Trinajstić information content (AvgIpc) is 2.37. The third-order valence-electron chi connectivity index (χ3n) is 5.82. The Bertz CT molecular complexity index is 545. The molecule has 4 aliphatic rings. The first kappa shape index (κ1) is 13.1. The Morgan fingerprint density at radius 3 is 1.85 bits per heavy atom. The fraction of sp³-hybridized carbons (Fsp3) is 0.556. The van der Waals surface area contributed by atoms with E-state index in [9.17, 15) is 0 Å². The van der Waals surface area contributed by atoms with E-state index >= 15 is 0 Å². The molecule has 0 radical (unpaired) electrons. The van der Waals surface area contributed by atoms with Crippen LogP contribution >= 0.6 is 23.2 Å². The minimum absolute atomic E-state index is 0.640. The molecule has 0 N–H and O–H groups in total. The molecular weight excluding hydrogens is 287 g/mol. The van der Waals surface area contributed by atoms with E-state index in [1.165, 1.54) is 37.7 Å². The minimum atomic E-state index is 0.640. The number of rotatable bonds is 1. The van der Waals surface area contributed by atoms with E-state index in [1.807, 2.05) is 0 Å². The molecule has 0 amide bonds. The average molecular weight is 305 g/mol. The molecule has 104 valence electrons. The highest BCUT2D eigenvalue weighted by molar-refractivity contribution is 6.36. The number of terminal acetylenes is 1. The second-order valence-corrected chi connectivity index (χ2v) is 7.77. The van der Waals surface area contributed by atoms with Gasteiger partial charge in [0.15, 0.2) is 0 Å². The molecule has 0 aromatic heterocycles. The van der Waals surface area contributed by atoms with Crippen molar-refractivity contribution in [1.82, 2.24) is 0 Å². The maximum atomic E-state index is 6.32. The highest BCUT2D eigenvalue weighted by atomic mass is 35.5. The predicted molar refractivity (Wildman–Crippen MR) is 84.2 cm³/mol. The summed E-state index contributed by atoms with van der Waals surface area (Å²) in [6.07, 6.45) is 12.6. The van der Waals surface area contributed by atoms with Gasteiger partial charge in [0.2, 0.25) is 0 Å². The maximum absolute atomic E-state index is 6.32. The number of hydrogen-bond donors (Lipinski definition) is 0. The van der Waals surface area contributed by atoms with Crippen LogP contribution in [-0.2, 0) is 0 Å². The van der Waals surface area contributed by atoms with Crippen LogP contribution in [0.2, 0.25) is 10.0 Å². The lowest BCUT2D eigenvalue weighted by atomic mass is 9.51. The van der Waals surface area contributed by atoms with Gasteiger partial charge in [0.05, 0.1) is 15.6 Å². The highest BCUT2D eigenvalue weighted by Crippen LogP contribution is 2.60. The van der Waals surface area contributed by atoms with E-state index in [0.717, 1.165) is 23.7 Å². The zero-order valence-electron chi connectivity index (χ0n) is 11.4. The van der Waals surface area contributed by atoms with Crippen molar-refractivity contribution in [2.24, 2.45) is 23.7 Å². The summed E-state index contributed by atoms with van der Waals surface area (Å²) in [6, 6.07) is 4.16. The SMILES string of the molecule is C#Cc1c(Cl)cc(C2C3CC4CC(C3)CC2C4)cc1Cl. The van der Waals surface area contributed by atoms with Gasteiger partial charge in [-0.15, -0.1) is 6.42 Å². The first-order chi connectivity index (χ1) is 9.65. The van der Waals surface area contributed by atoms with Crippen LogP contribution in [0.1, 0.15) is 49.1 Å². The van der Waals surface area contributed by atoms with E-state index in [2.05, 4.69) is 18.1 Å². The van der Waals surface area contributed by atoms with Gasteiger partial charge in [-0.25, -0.2) is 0 Å². The Balaban J connectivity index is 1.73. The second kappa shape index (κ2) is 4.69. The molecule has 4 bridgehead atoms. The number of hydrogen-bond acceptors (Lipinski definition) is 0.